The van der Waals surface area contributed by atoms with Crippen LogP contribution in [0.3, 0.4) is 0 Å². The molecule has 0 aromatic heterocycles. The van der Waals surface area contributed by atoms with Crippen LogP contribution in [0.1, 0.15) is 22.3 Å². The number of halogens is 3. The summed E-state index contributed by atoms with van der Waals surface area (Å²) in [6, 6.07) is 4.04. The lowest BCUT2D eigenvalue weighted by Crippen LogP contribution is -2.53. The number of aliphatic imine (C=N–C) groups is 1. The number of ether oxygens (including phenoxy) is 1. The number of aldehydes is 1. The Morgan fingerprint density at radius 1 is 1.38 bits per heavy atom. The SMILES string of the molecule is CN(C)C=Nc1ccc(C2(C(F)(F)F)CCO2)c(C=O)c1. The molecule has 0 spiro atoms. The normalized spacial score (nSPS) is 22.1. The number of hydrogen-bond donors (Lipinski definition) is 0. The molecule has 1 fully saturated rings. The average Bonchev–Trinajstić information content (AvgIpc) is 2.34. The quantitative estimate of drug-likeness (QED) is 0.488. The van der Waals surface area contributed by atoms with Crippen LogP contribution in [0, 0.1) is 0 Å². The molecule has 0 bridgehead atoms. The smallest absolute Gasteiger partial charge is 0.369 e. The first-order valence-corrected chi connectivity index (χ1v) is 6.31. The third-order valence-electron chi connectivity index (χ3n) is 3.30. The van der Waals surface area contributed by atoms with Crippen LogP contribution in [-0.2, 0) is 10.3 Å². The van der Waals surface area contributed by atoms with E-state index in [0.29, 0.717) is 12.0 Å². The summed E-state index contributed by atoms with van der Waals surface area (Å²) in [4.78, 5) is 16.9. The molecule has 1 unspecified atom stereocenters. The van der Waals surface area contributed by atoms with Crippen molar-refractivity contribution in [2.24, 2.45) is 4.99 Å². The van der Waals surface area contributed by atoms with Crippen molar-refractivity contribution in [2.45, 2.75) is 18.2 Å². The van der Waals surface area contributed by atoms with Gasteiger partial charge in [0, 0.05) is 31.6 Å². The first kappa shape index (κ1) is 15.5. The van der Waals surface area contributed by atoms with Crippen molar-refractivity contribution in [2.75, 3.05) is 20.7 Å². The molecule has 0 radical (unpaired) electrons. The molecule has 114 valence electrons. The second-order valence-electron chi connectivity index (χ2n) is 5.02. The molecule has 1 aromatic carbocycles. The summed E-state index contributed by atoms with van der Waals surface area (Å²) in [5.74, 6) is 0. The summed E-state index contributed by atoms with van der Waals surface area (Å²) in [5, 5.41) is 0. The number of carbonyl (C=O) groups excluding carboxylic acids is 1. The van der Waals surface area contributed by atoms with Gasteiger partial charge in [-0.2, -0.15) is 13.2 Å². The zero-order chi connectivity index (χ0) is 15.7. The van der Waals surface area contributed by atoms with Gasteiger partial charge in [0.2, 0.25) is 0 Å². The number of carbonyl (C=O) groups is 1. The summed E-state index contributed by atoms with van der Waals surface area (Å²) in [6.45, 7) is 0.0261. The van der Waals surface area contributed by atoms with Crippen LogP contribution in [0.25, 0.3) is 0 Å². The molecule has 1 aliphatic heterocycles. The number of hydrogen-bond acceptors (Lipinski definition) is 3. The molecule has 1 heterocycles. The Morgan fingerprint density at radius 2 is 2.05 bits per heavy atom. The van der Waals surface area contributed by atoms with E-state index >= 15 is 0 Å². The molecule has 1 aromatic rings. The summed E-state index contributed by atoms with van der Waals surface area (Å²) < 4.78 is 44.5. The predicted molar refractivity (Wildman–Crippen MR) is 72.0 cm³/mol. The molecule has 7 heteroatoms. The zero-order valence-corrected chi connectivity index (χ0v) is 11.6. The van der Waals surface area contributed by atoms with Crippen LogP contribution in [0.2, 0.25) is 0 Å². The van der Waals surface area contributed by atoms with Crippen molar-refractivity contribution < 1.29 is 22.7 Å². The van der Waals surface area contributed by atoms with E-state index in [1.54, 1.807) is 19.0 Å². The van der Waals surface area contributed by atoms with Crippen molar-refractivity contribution in [3.05, 3.63) is 29.3 Å². The molecule has 1 saturated heterocycles. The monoisotopic (exact) mass is 300 g/mol. The third kappa shape index (κ3) is 2.78. The highest BCUT2D eigenvalue weighted by atomic mass is 19.4. The Hall–Kier alpha value is -1.89. The van der Waals surface area contributed by atoms with E-state index in [1.165, 1.54) is 24.5 Å². The van der Waals surface area contributed by atoms with Gasteiger partial charge in [-0.15, -0.1) is 0 Å². The van der Waals surface area contributed by atoms with Crippen LogP contribution < -0.4 is 0 Å². The van der Waals surface area contributed by atoms with Gasteiger partial charge >= 0.3 is 6.18 Å². The number of benzene rings is 1. The van der Waals surface area contributed by atoms with Crippen molar-refractivity contribution in [3.8, 4) is 0 Å². The van der Waals surface area contributed by atoms with Gasteiger partial charge in [0.05, 0.1) is 18.6 Å². The topological polar surface area (TPSA) is 41.9 Å². The standard InChI is InChI=1S/C14H15F3N2O2/c1-19(2)9-18-11-3-4-12(10(7-11)8-20)13(5-6-21-13)14(15,16)17/h3-4,7-9H,5-6H2,1-2H3. The van der Waals surface area contributed by atoms with E-state index in [1.807, 2.05) is 0 Å². The van der Waals surface area contributed by atoms with Gasteiger partial charge in [-0.25, -0.2) is 4.99 Å². The van der Waals surface area contributed by atoms with E-state index in [4.69, 9.17) is 4.74 Å². The summed E-state index contributed by atoms with van der Waals surface area (Å²) in [6.07, 6.45) is -2.84. The van der Waals surface area contributed by atoms with Crippen molar-refractivity contribution in [1.29, 1.82) is 0 Å². The molecule has 4 nitrogen and oxygen atoms in total. The summed E-state index contributed by atoms with van der Waals surface area (Å²) >= 11 is 0. The lowest BCUT2D eigenvalue weighted by molar-refractivity contribution is -0.333. The Morgan fingerprint density at radius 3 is 2.48 bits per heavy atom. The van der Waals surface area contributed by atoms with Crippen LogP contribution in [0.4, 0.5) is 18.9 Å². The first-order valence-electron chi connectivity index (χ1n) is 6.31. The zero-order valence-electron chi connectivity index (χ0n) is 11.6. The van der Waals surface area contributed by atoms with Gasteiger partial charge < -0.3 is 9.64 Å². The van der Waals surface area contributed by atoms with Gasteiger partial charge in [0.25, 0.3) is 0 Å². The molecule has 0 aliphatic carbocycles. The van der Waals surface area contributed by atoms with E-state index in [2.05, 4.69) is 4.99 Å². The predicted octanol–water partition coefficient (Wildman–Crippen LogP) is 2.90. The maximum atomic E-state index is 13.2. The van der Waals surface area contributed by atoms with Crippen molar-refractivity contribution >= 4 is 18.3 Å². The van der Waals surface area contributed by atoms with Crippen LogP contribution in [-0.4, -0.2) is 44.4 Å². The highest BCUT2D eigenvalue weighted by Gasteiger charge is 2.62. The second-order valence-corrected chi connectivity index (χ2v) is 5.02. The van der Waals surface area contributed by atoms with Gasteiger partial charge in [0.15, 0.2) is 11.9 Å². The van der Waals surface area contributed by atoms with E-state index in [9.17, 15) is 18.0 Å². The fourth-order valence-electron chi connectivity index (χ4n) is 2.17. The maximum Gasteiger partial charge on any atom is 0.421 e. The highest BCUT2D eigenvalue weighted by Crippen LogP contribution is 2.51. The third-order valence-corrected chi connectivity index (χ3v) is 3.30. The molecular formula is C14H15F3N2O2. The number of alkyl halides is 3. The Labute approximate surface area is 120 Å². The van der Waals surface area contributed by atoms with Crippen LogP contribution in [0.5, 0.6) is 0 Å². The van der Waals surface area contributed by atoms with Gasteiger partial charge in [-0.1, -0.05) is 6.07 Å². The van der Waals surface area contributed by atoms with E-state index in [0.717, 1.165) is 0 Å². The minimum Gasteiger partial charge on any atom is -0.369 e. The minimum absolute atomic E-state index is 0.0261. The van der Waals surface area contributed by atoms with Gasteiger partial charge in [0.1, 0.15) is 0 Å². The van der Waals surface area contributed by atoms with Crippen molar-refractivity contribution in [3.63, 3.8) is 0 Å². The molecule has 0 saturated carbocycles. The molecule has 21 heavy (non-hydrogen) atoms. The largest absolute Gasteiger partial charge is 0.421 e. The summed E-state index contributed by atoms with van der Waals surface area (Å²) in [5.41, 5.74) is -2.17. The lowest BCUT2D eigenvalue weighted by atomic mass is 9.83. The van der Waals surface area contributed by atoms with Gasteiger partial charge in [-0.3, -0.25) is 4.79 Å². The molecular weight excluding hydrogens is 285 g/mol. The second kappa shape index (κ2) is 5.48. The molecule has 1 atom stereocenters. The van der Waals surface area contributed by atoms with Crippen LogP contribution >= 0.6 is 0 Å². The fraction of sp³-hybridized carbons (Fsp3) is 0.429. The van der Waals surface area contributed by atoms with Crippen LogP contribution in [0.15, 0.2) is 23.2 Å². The molecule has 1 aliphatic rings. The number of nitrogens with zero attached hydrogens (tertiary/aromatic N) is 2. The maximum absolute atomic E-state index is 13.2. The molecule has 0 N–H and O–H groups in total. The Bertz CT molecular complexity index is 564. The Kier molecular flexibility index (Phi) is 4.04. The van der Waals surface area contributed by atoms with Gasteiger partial charge in [-0.05, 0) is 12.1 Å². The first-order chi connectivity index (χ1) is 9.80. The van der Waals surface area contributed by atoms with E-state index in [-0.39, 0.29) is 24.2 Å². The van der Waals surface area contributed by atoms with Crippen molar-refractivity contribution in [1.82, 2.24) is 4.90 Å². The number of rotatable bonds is 4. The fourth-order valence-corrected chi connectivity index (χ4v) is 2.17. The van der Waals surface area contributed by atoms with E-state index < -0.39 is 11.8 Å². The average molecular weight is 300 g/mol. The lowest BCUT2D eigenvalue weighted by Gasteiger charge is -2.43. The summed E-state index contributed by atoms with van der Waals surface area (Å²) in [7, 11) is 3.53. The minimum atomic E-state index is -4.56. The molecule has 0 amide bonds. The molecule has 2 rings (SSSR count). The Balaban J connectivity index is 2.44. The highest BCUT2D eigenvalue weighted by molar-refractivity contribution is 5.80.